The average Bonchev–Trinajstić information content (AvgIpc) is 2.98. The van der Waals surface area contributed by atoms with E-state index in [1.807, 2.05) is 43.3 Å². The third kappa shape index (κ3) is 3.08. The molecule has 3 rings (SSSR count). The number of phenolic OH excluding ortho intramolecular Hbond substituents is 1. The van der Waals surface area contributed by atoms with Crippen LogP contribution in [0.1, 0.15) is 11.4 Å². The van der Waals surface area contributed by atoms with E-state index in [1.165, 1.54) is 0 Å². The summed E-state index contributed by atoms with van der Waals surface area (Å²) in [5.41, 5.74) is 1.50. The topological polar surface area (TPSA) is 59.2 Å². The number of phenols is 1. The average molecular weight is 298 g/mol. The monoisotopic (exact) mass is 298 g/mol. The van der Waals surface area contributed by atoms with Gasteiger partial charge >= 0.3 is 0 Å². The molecule has 3 aromatic rings. The predicted octanol–water partition coefficient (Wildman–Crippen LogP) is 4.04. The Morgan fingerprint density at radius 2 is 1.90 bits per heavy atom. The molecule has 21 heavy (non-hydrogen) atoms. The van der Waals surface area contributed by atoms with E-state index in [0.29, 0.717) is 17.5 Å². The van der Waals surface area contributed by atoms with Crippen LogP contribution in [0.4, 0.5) is 0 Å². The smallest absolute Gasteiger partial charge is 0.258 e. The molecule has 0 atom stereocenters. The molecule has 0 fully saturated rings. The van der Waals surface area contributed by atoms with Crippen LogP contribution in [0.2, 0.25) is 0 Å². The van der Waals surface area contributed by atoms with E-state index in [2.05, 4.69) is 10.1 Å². The second-order valence-corrected chi connectivity index (χ2v) is 5.62. The molecule has 0 radical (unpaired) electrons. The zero-order valence-electron chi connectivity index (χ0n) is 11.5. The van der Waals surface area contributed by atoms with Crippen molar-refractivity contribution in [3.8, 4) is 17.2 Å². The molecule has 1 N–H and O–H groups in total. The normalized spacial score (nSPS) is 10.7. The number of rotatable bonds is 4. The van der Waals surface area contributed by atoms with Gasteiger partial charge in [-0.25, -0.2) is 0 Å². The number of benzene rings is 2. The number of thioether (sulfide) groups is 1. The lowest BCUT2D eigenvalue weighted by Crippen LogP contribution is -1.86. The summed E-state index contributed by atoms with van der Waals surface area (Å²) in [4.78, 5) is 5.55. The van der Waals surface area contributed by atoms with E-state index in [9.17, 15) is 5.11 Å². The van der Waals surface area contributed by atoms with Crippen LogP contribution in [0, 0.1) is 6.92 Å². The molecule has 0 unspecified atom stereocenters. The van der Waals surface area contributed by atoms with Crippen LogP contribution in [0.3, 0.4) is 0 Å². The Kier molecular flexibility index (Phi) is 3.92. The van der Waals surface area contributed by atoms with Gasteiger partial charge in [0, 0.05) is 16.0 Å². The zero-order valence-corrected chi connectivity index (χ0v) is 12.3. The van der Waals surface area contributed by atoms with Gasteiger partial charge in [0.15, 0.2) is 5.82 Å². The fourth-order valence-corrected chi connectivity index (χ4v) is 2.70. The Labute approximate surface area is 126 Å². The first kappa shape index (κ1) is 13.7. The second-order valence-electron chi connectivity index (χ2n) is 4.57. The quantitative estimate of drug-likeness (QED) is 0.736. The van der Waals surface area contributed by atoms with Crippen LogP contribution >= 0.6 is 11.8 Å². The van der Waals surface area contributed by atoms with Crippen LogP contribution in [-0.4, -0.2) is 15.2 Å². The molecule has 5 heteroatoms. The first-order valence-corrected chi connectivity index (χ1v) is 7.52. The van der Waals surface area contributed by atoms with Crippen molar-refractivity contribution in [1.82, 2.24) is 10.1 Å². The summed E-state index contributed by atoms with van der Waals surface area (Å²) in [7, 11) is 0. The molecule has 0 bridgehead atoms. The van der Waals surface area contributed by atoms with E-state index < -0.39 is 0 Å². The molecule has 1 heterocycles. The van der Waals surface area contributed by atoms with Crippen LogP contribution < -0.4 is 0 Å². The highest BCUT2D eigenvalue weighted by atomic mass is 32.2. The Hall–Kier alpha value is -2.27. The molecule has 4 nitrogen and oxygen atoms in total. The highest BCUT2D eigenvalue weighted by Crippen LogP contribution is 2.28. The number of hydrogen-bond acceptors (Lipinski definition) is 5. The first-order chi connectivity index (χ1) is 10.2. The number of aromatic hydroxyl groups is 1. The van der Waals surface area contributed by atoms with E-state index >= 15 is 0 Å². The van der Waals surface area contributed by atoms with Crippen LogP contribution in [0.5, 0.6) is 5.75 Å². The molecule has 1 aromatic heterocycles. The predicted molar refractivity (Wildman–Crippen MR) is 82.1 cm³/mol. The SMILES string of the molecule is Cc1c(O)cccc1-c1nc(CSc2ccccc2)no1. The Bertz CT molecular complexity index is 741. The van der Waals surface area contributed by atoms with Crippen molar-refractivity contribution in [1.29, 1.82) is 0 Å². The molecule has 2 aromatic carbocycles. The summed E-state index contributed by atoms with van der Waals surface area (Å²) in [6.07, 6.45) is 0. The van der Waals surface area contributed by atoms with Gasteiger partial charge in [-0.15, -0.1) is 11.8 Å². The second kappa shape index (κ2) is 6.01. The van der Waals surface area contributed by atoms with Gasteiger partial charge in [-0.3, -0.25) is 0 Å². The molecule has 0 aliphatic heterocycles. The lowest BCUT2D eigenvalue weighted by atomic mass is 10.1. The molecule has 0 spiro atoms. The van der Waals surface area contributed by atoms with E-state index in [4.69, 9.17) is 4.52 Å². The molecule has 0 saturated heterocycles. The molecule has 0 aliphatic rings. The van der Waals surface area contributed by atoms with Crippen LogP contribution in [0.25, 0.3) is 11.5 Å². The maximum Gasteiger partial charge on any atom is 0.258 e. The molecular weight excluding hydrogens is 284 g/mol. The fourth-order valence-electron chi connectivity index (χ4n) is 1.94. The van der Waals surface area contributed by atoms with Crippen molar-refractivity contribution in [3.05, 3.63) is 59.9 Å². The fraction of sp³-hybridized carbons (Fsp3) is 0.125. The van der Waals surface area contributed by atoms with Gasteiger partial charge in [0.1, 0.15) is 5.75 Å². The van der Waals surface area contributed by atoms with Crippen molar-refractivity contribution in [2.75, 3.05) is 0 Å². The first-order valence-electron chi connectivity index (χ1n) is 6.53. The Balaban J connectivity index is 1.76. The highest BCUT2D eigenvalue weighted by Gasteiger charge is 2.13. The third-order valence-electron chi connectivity index (χ3n) is 3.11. The van der Waals surface area contributed by atoms with Gasteiger partial charge in [-0.2, -0.15) is 4.98 Å². The molecular formula is C16H14N2O2S. The van der Waals surface area contributed by atoms with Crippen molar-refractivity contribution in [3.63, 3.8) is 0 Å². The van der Waals surface area contributed by atoms with Gasteiger partial charge < -0.3 is 9.63 Å². The van der Waals surface area contributed by atoms with Crippen molar-refractivity contribution >= 4 is 11.8 Å². The van der Waals surface area contributed by atoms with E-state index in [0.717, 1.165) is 16.0 Å². The lowest BCUT2D eigenvalue weighted by molar-refractivity contribution is 0.424. The largest absolute Gasteiger partial charge is 0.508 e. The van der Waals surface area contributed by atoms with Crippen LogP contribution in [0.15, 0.2) is 57.9 Å². The number of hydrogen-bond donors (Lipinski definition) is 1. The van der Waals surface area contributed by atoms with Gasteiger partial charge in [0.2, 0.25) is 0 Å². The standard InChI is InChI=1S/C16H14N2O2S/c1-11-13(8-5-9-14(11)19)16-17-15(18-20-16)10-21-12-6-3-2-4-7-12/h2-9,19H,10H2,1H3. The van der Waals surface area contributed by atoms with E-state index in [-0.39, 0.29) is 5.75 Å². The maximum atomic E-state index is 9.73. The molecule has 0 amide bonds. The van der Waals surface area contributed by atoms with Crippen LogP contribution in [-0.2, 0) is 5.75 Å². The Morgan fingerprint density at radius 3 is 2.71 bits per heavy atom. The van der Waals surface area contributed by atoms with E-state index in [1.54, 1.807) is 23.9 Å². The summed E-state index contributed by atoms with van der Waals surface area (Å²) >= 11 is 1.66. The maximum absolute atomic E-state index is 9.73. The molecule has 0 saturated carbocycles. The van der Waals surface area contributed by atoms with Gasteiger partial charge in [-0.05, 0) is 31.2 Å². The Morgan fingerprint density at radius 1 is 1.10 bits per heavy atom. The minimum atomic E-state index is 0.228. The summed E-state index contributed by atoms with van der Waals surface area (Å²) in [5, 5.41) is 13.7. The highest BCUT2D eigenvalue weighted by molar-refractivity contribution is 7.98. The third-order valence-corrected chi connectivity index (χ3v) is 4.12. The summed E-state index contributed by atoms with van der Waals surface area (Å²) in [5.74, 6) is 1.95. The number of nitrogens with zero attached hydrogens (tertiary/aromatic N) is 2. The zero-order chi connectivity index (χ0) is 14.7. The molecule has 106 valence electrons. The minimum Gasteiger partial charge on any atom is -0.508 e. The van der Waals surface area contributed by atoms with Gasteiger partial charge in [-0.1, -0.05) is 29.4 Å². The van der Waals surface area contributed by atoms with Gasteiger partial charge in [0.05, 0.1) is 5.75 Å². The van der Waals surface area contributed by atoms with Gasteiger partial charge in [0.25, 0.3) is 5.89 Å². The van der Waals surface area contributed by atoms with Crippen molar-refractivity contribution in [2.24, 2.45) is 0 Å². The van der Waals surface area contributed by atoms with Crippen molar-refractivity contribution in [2.45, 2.75) is 17.6 Å². The summed E-state index contributed by atoms with van der Waals surface area (Å²) < 4.78 is 5.29. The molecule has 0 aliphatic carbocycles. The number of aromatic nitrogens is 2. The summed E-state index contributed by atoms with van der Waals surface area (Å²) in [6.45, 7) is 1.83. The summed E-state index contributed by atoms with van der Waals surface area (Å²) in [6, 6.07) is 15.3. The minimum absolute atomic E-state index is 0.228. The van der Waals surface area contributed by atoms with Crippen molar-refractivity contribution < 1.29 is 9.63 Å². The lowest BCUT2D eigenvalue weighted by Gasteiger charge is -2.01.